The van der Waals surface area contributed by atoms with E-state index in [-0.39, 0.29) is 24.8 Å². The second-order valence-corrected chi connectivity index (χ2v) is 8.70. The quantitative estimate of drug-likeness (QED) is 0.282. The van der Waals surface area contributed by atoms with Gasteiger partial charge in [-0.2, -0.15) is 0 Å². The van der Waals surface area contributed by atoms with Gasteiger partial charge in [0.15, 0.2) is 0 Å². The zero-order chi connectivity index (χ0) is 23.9. The van der Waals surface area contributed by atoms with Crippen LogP contribution in [0.15, 0.2) is 48.5 Å². The summed E-state index contributed by atoms with van der Waals surface area (Å²) < 4.78 is 0. The summed E-state index contributed by atoms with van der Waals surface area (Å²) in [5, 5.41) is 7.10. The number of nitrogens with one attached hydrogen (secondary N) is 2. The number of aryl methyl sites for hydroxylation is 2. The number of nitrogens with zero attached hydrogens (tertiary/aromatic N) is 2. The molecule has 0 aliphatic rings. The fourth-order valence-corrected chi connectivity index (χ4v) is 3.61. The number of aromatic nitrogens is 2. The average molecular weight is 515 g/mol. The van der Waals surface area contributed by atoms with Crippen molar-refractivity contribution < 1.29 is 9.59 Å². The third-order valence-electron chi connectivity index (χ3n) is 5.59. The van der Waals surface area contributed by atoms with Crippen LogP contribution in [-0.4, -0.2) is 21.8 Å². The van der Waals surface area contributed by atoms with Gasteiger partial charge >= 0.3 is 0 Å². The summed E-state index contributed by atoms with van der Waals surface area (Å²) >= 11 is 0. The molecular formula is C25H28Cl2N6O2. The molecule has 2 heterocycles. The highest BCUT2D eigenvalue weighted by molar-refractivity contribution is 6.14. The Morgan fingerprint density at radius 3 is 1.46 bits per heavy atom. The van der Waals surface area contributed by atoms with Gasteiger partial charge in [0.2, 0.25) is 11.8 Å². The molecule has 184 valence electrons. The molecule has 0 aliphatic carbocycles. The SMILES string of the molecule is Cc1cc(N)c2cc(NC(=O)C(C)(C)C(=O)Nc3ccc4nc(C)cc(N)c4c3)ccc2n1.Cl.Cl. The molecule has 10 heteroatoms. The highest BCUT2D eigenvalue weighted by Gasteiger charge is 2.36. The molecular weight excluding hydrogens is 487 g/mol. The molecule has 0 saturated carbocycles. The molecule has 0 unspecified atom stereocenters. The summed E-state index contributed by atoms with van der Waals surface area (Å²) in [7, 11) is 0. The van der Waals surface area contributed by atoms with E-state index >= 15 is 0 Å². The normalized spacial score (nSPS) is 10.9. The molecule has 2 amide bonds. The van der Waals surface area contributed by atoms with Crippen LogP contribution >= 0.6 is 24.8 Å². The number of hydrogen-bond donors (Lipinski definition) is 4. The van der Waals surface area contributed by atoms with Gasteiger partial charge < -0.3 is 22.1 Å². The van der Waals surface area contributed by atoms with Gasteiger partial charge in [-0.1, -0.05) is 0 Å². The molecule has 2 aromatic carbocycles. The van der Waals surface area contributed by atoms with Gasteiger partial charge in [0, 0.05) is 44.9 Å². The van der Waals surface area contributed by atoms with E-state index in [9.17, 15) is 9.59 Å². The third kappa shape index (κ3) is 5.55. The zero-order valence-electron chi connectivity index (χ0n) is 19.8. The van der Waals surface area contributed by atoms with Gasteiger partial charge in [-0.05, 0) is 76.2 Å². The van der Waals surface area contributed by atoms with Crippen LogP contribution in [0.3, 0.4) is 0 Å². The van der Waals surface area contributed by atoms with E-state index in [0.29, 0.717) is 22.7 Å². The molecule has 6 N–H and O–H groups in total. The smallest absolute Gasteiger partial charge is 0.239 e. The first-order valence-electron chi connectivity index (χ1n) is 10.5. The third-order valence-corrected chi connectivity index (χ3v) is 5.59. The standard InChI is InChI=1S/C25H26N6O2.2ClH/c1-13-9-19(26)17-11-15(5-7-21(17)28-13)30-23(32)25(3,4)24(33)31-16-6-8-22-18(12-16)20(27)10-14(2)29-22;;/h5-12H,1-4H3,(H2,26,28)(H2,27,29)(H,30,32)(H,31,33);2*1H. The molecule has 0 fully saturated rings. The molecule has 2 aromatic heterocycles. The Morgan fingerprint density at radius 2 is 1.09 bits per heavy atom. The van der Waals surface area contributed by atoms with Crippen molar-refractivity contribution in [3.05, 3.63) is 59.9 Å². The van der Waals surface area contributed by atoms with Crippen molar-refractivity contribution >= 4 is 81.2 Å². The van der Waals surface area contributed by atoms with Crippen LogP contribution < -0.4 is 22.1 Å². The maximum atomic E-state index is 13.0. The zero-order valence-corrected chi connectivity index (χ0v) is 21.4. The molecule has 0 radical (unpaired) electrons. The Kier molecular flexibility index (Phi) is 8.15. The Hall–Kier alpha value is -3.62. The van der Waals surface area contributed by atoms with E-state index in [0.717, 1.165) is 33.2 Å². The molecule has 4 rings (SSSR count). The fourth-order valence-electron chi connectivity index (χ4n) is 3.61. The summed E-state index contributed by atoms with van der Waals surface area (Å²) in [4.78, 5) is 34.9. The number of hydrogen-bond acceptors (Lipinski definition) is 6. The summed E-state index contributed by atoms with van der Waals surface area (Å²) in [6.45, 7) is 6.87. The minimum absolute atomic E-state index is 0. The van der Waals surface area contributed by atoms with Crippen LogP contribution in [0.1, 0.15) is 25.2 Å². The average Bonchev–Trinajstić information content (AvgIpc) is 2.74. The summed E-state index contributed by atoms with van der Waals surface area (Å²) in [6, 6.07) is 14.1. The number of fused-ring (bicyclic) bond motifs is 2. The van der Waals surface area contributed by atoms with Gasteiger partial charge in [0.25, 0.3) is 0 Å². The molecule has 4 aromatic rings. The number of anilines is 4. The van der Waals surface area contributed by atoms with Gasteiger partial charge in [0.05, 0.1) is 11.0 Å². The van der Waals surface area contributed by atoms with Crippen LogP contribution in [0, 0.1) is 19.3 Å². The minimum Gasteiger partial charge on any atom is -0.398 e. The Balaban J connectivity index is 0.00000216. The highest BCUT2D eigenvalue weighted by atomic mass is 35.5. The molecule has 0 aliphatic heterocycles. The van der Waals surface area contributed by atoms with E-state index in [1.54, 1.807) is 62.4 Å². The van der Waals surface area contributed by atoms with Crippen molar-refractivity contribution in [2.45, 2.75) is 27.7 Å². The van der Waals surface area contributed by atoms with Crippen LogP contribution in [0.2, 0.25) is 0 Å². The lowest BCUT2D eigenvalue weighted by atomic mass is 9.90. The second-order valence-electron chi connectivity index (χ2n) is 8.70. The lowest BCUT2D eigenvalue weighted by Gasteiger charge is -2.23. The van der Waals surface area contributed by atoms with E-state index in [1.165, 1.54) is 0 Å². The molecule has 0 atom stereocenters. The van der Waals surface area contributed by atoms with Crippen molar-refractivity contribution in [1.82, 2.24) is 9.97 Å². The Bertz CT molecular complexity index is 1330. The monoisotopic (exact) mass is 514 g/mol. The van der Waals surface area contributed by atoms with Gasteiger partial charge in [-0.25, -0.2) is 0 Å². The van der Waals surface area contributed by atoms with Crippen LogP contribution in [0.5, 0.6) is 0 Å². The minimum atomic E-state index is -1.35. The number of pyridine rings is 2. The molecule has 35 heavy (non-hydrogen) atoms. The predicted molar refractivity (Wildman–Crippen MR) is 147 cm³/mol. The number of nitrogen functional groups attached to an aromatic ring is 2. The van der Waals surface area contributed by atoms with Crippen molar-refractivity contribution in [3.8, 4) is 0 Å². The molecule has 0 spiro atoms. The van der Waals surface area contributed by atoms with Gasteiger partial charge in [0.1, 0.15) is 5.41 Å². The number of benzene rings is 2. The number of nitrogens with two attached hydrogens (primary N) is 2. The maximum Gasteiger partial charge on any atom is 0.239 e. The summed E-state index contributed by atoms with van der Waals surface area (Å²) in [6.07, 6.45) is 0. The highest BCUT2D eigenvalue weighted by Crippen LogP contribution is 2.28. The first-order valence-corrected chi connectivity index (χ1v) is 10.5. The summed E-state index contributed by atoms with van der Waals surface area (Å²) in [5.41, 5.74) is 16.2. The fraction of sp³-hybridized carbons (Fsp3) is 0.200. The topological polar surface area (TPSA) is 136 Å². The first-order chi connectivity index (χ1) is 15.5. The predicted octanol–water partition coefficient (Wildman–Crippen LogP) is 5.01. The van der Waals surface area contributed by atoms with E-state index in [4.69, 9.17) is 11.5 Å². The van der Waals surface area contributed by atoms with Gasteiger partial charge in [-0.15, -0.1) is 24.8 Å². The van der Waals surface area contributed by atoms with Crippen LogP contribution in [0.25, 0.3) is 21.8 Å². The van der Waals surface area contributed by atoms with Crippen LogP contribution in [-0.2, 0) is 9.59 Å². The van der Waals surface area contributed by atoms with E-state index < -0.39 is 17.2 Å². The van der Waals surface area contributed by atoms with Crippen molar-refractivity contribution in [2.24, 2.45) is 5.41 Å². The number of rotatable bonds is 4. The van der Waals surface area contributed by atoms with Crippen molar-refractivity contribution in [1.29, 1.82) is 0 Å². The molecule has 0 saturated heterocycles. The number of halogens is 2. The maximum absolute atomic E-state index is 13.0. The Labute approximate surface area is 215 Å². The van der Waals surface area contributed by atoms with Gasteiger partial charge in [-0.3, -0.25) is 19.6 Å². The first kappa shape index (κ1) is 27.6. The molecule has 0 bridgehead atoms. The molecule has 8 nitrogen and oxygen atoms in total. The second kappa shape index (κ2) is 10.3. The van der Waals surface area contributed by atoms with Crippen LogP contribution in [0.4, 0.5) is 22.7 Å². The van der Waals surface area contributed by atoms with E-state index in [2.05, 4.69) is 20.6 Å². The largest absolute Gasteiger partial charge is 0.398 e. The number of carbonyl (C=O) groups excluding carboxylic acids is 2. The lowest BCUT2D eigenvalue weighted by molar-refractivity contribution is -0.135. The van der Waals surface area contributed by atoms with E-state index in [1.807, 2.05) is 13.8 Å². The summed E-state index contributed by atoms with van der Waals surface area (Å²) in [5.74, 6) is -0.897. The Morgan fingerprint density at radius 1 is 0.714 bits per heavy atom. The van der Waals surface area contributed by atoms with Crippen molar-refractivity contribution in [2.75, 3.05) is 22.1 Å². The lowest BCUT2D eigenvalue weighted by Crippen LogP contribution is -2.41. The number of carbonyl (C=O) groups is 2. The number of amides is 2. The van der Waals surface area contributed by atoms with Crippen molar-refractivity contribution in [3.63, 3.8) is 0 Å².